The lowest BCUT2D eigenvalue weighted by Crippen LogP contribution is -2.45. The first-order valence-electron chi connectivity index (χ1n) is 7.37. The van der Waals surface area contributed by atoms with Crippen molar-refractivity contribution in [1.82, 2.24) is 4.90 Å². The number of nitrogens with zero attached hydrogens (tertiary/aromatic N) is 1. The van der Waals surface area contributed by atoms with Gasteiger partial charge in [-0.25, -0.2) is 0 Å². The molecule has 0 aliphatic heterocycles. The third kappa shape index (κ3) is 3.00. The highest BCUT2D eigenvalue weighted by Gasteiger charge is 2.30. The van der Waals surface area contributed by atoms with E-state index in [-0.39, 0.29) is 0 Å². The van der Waals surface area contributed by atoms with Crippen LogP contribution in [0, 0.1) is 6.04 Å². The minimum absolute atomic E-state index is 0.877. The fourth-order valence-electron chi connectivity index (χ4n) is 3.75. The zero-order valence-electron chi connectivity index (χ0n) is 11.2. The van der Waals surface area contributed by atoms with Crippen LogP contribution >= 0.6 is 0 Å². The third-order valence-corrected chi connectivity index (χ3v) is 4.45. The highest BCUT2D eigenvalue weighted by atomic mass is 15.2. The Balaban J connectivity index is 1.96. The maximum Gasteiger partial charge on any atom is 0.0337 e. The molecule has 1 nitrogen and oxygen atoms in total. The lowest BCUT2D eigenvalue weighted by atomic mass is 9.87. The minimum Gasteiger partial charge on any atom is -0.290 e. The van der Waals surface area contributed by atoms with Crippen LogP contribution in [0.15, 0.2) is 0 Å². The Morgan fingerprint density at radius 1 is 0.688 bits per heavy atom. The van der Waals surface area contributed by atoms with Gasteiger partial charge in [0.05, 0.1) is 0 Å². The molecule has 0 N–H and O–H groups in total. The molecule has 1 heteroatoms. The van der Waals surface area contributed by atoms with E-state index in [1.54, 1.807) is 6.04 Å². The van der Waals surface area contributed by atoms with Crippen LogP contribution in [0.1, 0.15) is 78.1 Å². The maximum atomic E-state index is 2.80. The van der Waals surface area contributed by atoms with Crippen LogP contribution in [0.25, 0.3) is 0 Å². The standard InChI is InChI=1S/C15H28N/c1-13(2)16(14-9-5-3-6-10-14)15-11-7-4-8-12-15/h14-15H,3-12H2,1-2H3. The van der Waals surface area contributed by atoms with Crippen LogP contribution in [-0.2, 0) is 0 Å². The summed E-state index contributed by atoms with van der Waals surface area (Å²) in [7, 11) is 0. The lowest BCUT2D eigenvalue weighted by Gasteiger charge is -2.43. The molecular formula is C15H28N. The summed E-state index contributed by atoms with van der Waals surface area (Å²) in [6.45, 7) is 4.65. The van der Waals surface area contributed by atoms with Crippen LogP contribution in [0.3, 0.4) is 0 Å². The van der Waals surface area contributed by atoms with Crippen LogP contribution in [0.4, 0.5) is 0 Å². The van der Waals surface area contributed by atoms with E-state index in [1.165, 1.54) is 64.2 Å². The molecule has 0 aromatic heterocycles. The van der Waals surface area contributed by atoms with Crippen LogP contribution < -0.4 is 0 Å². The quantitative estimate of drug-likeness (QED) is 0.678. The number of rotatable bonds is 3. The molecule has 16 heavy (non-hydrogen) atoms. The van der Waals surface area contributed by atoms with Crippen molar-refractivity contribution in [3.63, 3.8) is 0 Å². The van der Waals surface area contributed by atoms with Gasteiger partial charge in [-0.05, 0) is 39.5 Å². The van der Waals surface area contributed by atoms with E-state index in [0.29, 0.717) is 0 Å². The SMILES string of the molecule is C[C](C)N(C1CCCCC1)C1CCCCC1. The summed E-state index contributed by atoms with van der Waals surface area (Å²) in [4.78, 5) is 2.80. The number of hydrogen-bond donors (Lipinski definition) is 0. The van der Waals surface area contributed by atoms with Crippen molar-refractivity contribution in [2.45, 2.75) is 90.1 Å². The van der Waals surface area contributed by atoms with Crippen molar-refractivity contribution in [2.75, 3.05) is 0 Å². The van der Waals surface area contributed by atoms with Gasteiger partial charge in [-0.15, -0.1) is 0 Å². The molecule has 0 unspecified atom stereocenters. The molecule has 2 aliphatic carbocycles. The third-order valence-electron chi connectivity index (χ3n) is 4.45. The normalized spacial score (nSPS) is 25.5. The molecule has 2 saturated carbocycles. The molecule has 0 aromatic rings. The Morgan fingerprint density at radius 3 is 1.38 bits per heavy atom. The van der Waals surface area contributed by atoms with Gasteiger partial charge in [0.25, 0.3) is 0 Å². The van der Waals surface area contributed by atoms with E-state index >= 15 is 0 Å². The van der Waals surface area contributed by atoms with E-state index in [9.17, 15) is 0 Å². The zero-order chi connectivity index (χ0) is 11.4. The van der Waals surface area contributed by atoms with Crippen molar-refractivity contribution in [1.29, 1.82) is 0 Å². The van der Waals surface area contributed by atoms with Gasteiger partial charge in [0.1, 0.15) is 0 Å². The Labute approximate surface area is 102 Å². The summed E-state index contributed by atoms with van der Waals surface area (Å²) >= 11 is 0. The fraction of sp³-hybridized carbons (Fsp3) is 0.933. The smallest absolute Gasteiger partial charge is 0.0337 e. The summed E-state index contributed by atoms with van der Waals surface area (Å²) in [6, 6.07) is 3.32. The fourth-order valence-corrected chi connectivity index (χ4v) is 3.75. The van der Waals surface area contributed by atoms with E-state index in [2.05, 4.69) is 18.7 Å². The summed E-state index contributed by atoms with van der Waals surface area (Å²) in [5.41, 5.74) is 0. The van der Waals surface area contributed by atoms with Crippen molar-refractivity contribution in [3.05, 3.63) is 6.04 Å². The molecule has 0 heterocycles. The van der Waals surface area contributed by atoms with Crippen LogP contribution in [0.2, 0.25) is 0 Å². The highest BCUT2D eigenvalue weighted by molar-refractivity contribution is 4.92. The highest BCUT2D eigenvalue weighted by Crippen LogP contribution is 2.33. The van der Waals surface area contributed by atoms with Gasteiger partial charge in [0, 0.05) is 18.1 Å². The Bertz CT molecular complexity index is 170. The molecule has 1 radical (unpaired) electrons. The first-order valence-corrected chi connectivity index (χ1v) is 7.37. The summed E-state index contributed by atoms with van der Waals surface area (Å²) in [6.07, 6.45) is 14.6. The van der Waals surface area contributed by atoms with Gasteiger partial charge in [-0.1, -0.05) is 38.5 Å². The second kappa shape index (κ2) is 6.05. The van der Waals surface area contributed by atoms with Crippen molar-refractivity contribution >= 4 is 0 Å². The van der Waals surface area contributed by atoms with Crippen molar-refractivity contribution in [3.8, 4) is 0 Å². The van der Waals surface area contributed by atoms with Gasteiger partial charge in [-0.3, -0.25) is 4.90 Å². The van der Waals surface area contributed by atoms with E-state index < -0.39 is 0 Å². The second-order valence-electron chi connectivity index (χ2n) is 5.94. The summed E-state index contributed by atoms with van der Waals surface area (Å²) in [5.74, 6) is 0. The van der Waals surface area contributed by atoms with Gasteiger partial charge in [0.2, 0.25) is 0 Å². The van der Waals surface area contributed by atoms with E-state index in [4.69, 9.17) is 0 Å². The maximum absolute atomic E-state index is 2.80. The van der Waals surface area contributed by atoms with Crippen molar-refractivity contribution in [2.24, 2.45) is 0 Å². The molecule has 93 valence electrons. The predicted octanol–water partition coefficient (Wildman–Crippen LogP) is 4.53. The number of hydrogen-bond acceptors (Lipinski definition) is 1. The Morgan fingerprint density at radius 2 is 1.06 bits per heavy atom. The first-order chi connectivity index (χ1) is 7.79. The van der Waals surface area contributed by atoms with Gasteiger partial charge < -0.3 is 0 Å². The molecule has 0 spiro atoms. The van der Waals surface area contributed by atoms with Crippen molar-refractivity contribution < 1.29 is 0 Å². The first kappa shape index (κ1) is 12.4. The van der Waals surface area contributed by atoms with Gasteiger partial charge in [0.15, 0.2) is 0 Å². The molecule has 2 rings (SSSR count). The average Bonchev–Trinajstić information content (AvgIpc) is 2.31. The predicted molar refractivity (Wildman–Crippen MR) is 70.2 cm³/mol. The minimum atomic E-state index is 0.877. The molecule has 2 fully saturated rings. The second-order valence-corrected chi connectivity index (χ2v) is 5.94. The summed E-state index contributed by atoms with van der Waals surface area (Å²) < 4.78 is 0. The van der Waals surface area contributed by atoms with Crippen LogP contribution in [-0.4, -0.2) is 17.0 Å². The average molecular weight is 222 g/mol. The molecule has 2 aliphatic rings. The topological polar surface area (TPSA) is 3.24 Å². The van der Waals surface area contributed by atoms with Gasteiger partial charge >= 0.3 is 0 Å². The Hall–Kier alpha value is -0.0400. The zero-order valence-corrected chi connectivity index (χ0v) is 11.2. The molecule has 0 amide bonds. The van der Waals surface area contributed by atoms with Crippen LogP contribution in [0.5, 0.6) is 0 Å². The molecule has 0 saturated heterocycles. The lowest BCUT2D eigenvalue weighted by molar-refractivity contribution is 0.0920. The van der Waals surface area contributed by atoms with E-state index in [1.807, 2.05) is 0 Å². The monoisotopic (exact) mass is 222 g/mol. The molecule has 0 atom stereocenters. The molecule has 0 bridgehead atoms. The largest absolute Gasteiger partial charge is 0.290 e. The van der Waals surface area contributed by atoms with E-state index in [0.717, 1.165) is 12.1 Å². The van der Waals surface area contributed by atoms with Gasteiger partial charge in [-0.2, -0.15) is 0 Å². The summed E-state index contributed by atoms with van der Waals surface area (Å²) in [5, 5.41) is 0. The molecule has 0 aromatic carbocycles. The Kier molecular flexibility index (Phi) is 4.69. The molecular weight excluding hydrogens is 194 g/mol.